The molecule has 1 aliphatic rings. The highest BCUT2D eigenvalue weighted by molar-refractivity contribution is 7.89. The van der Waals surface area contributed by atoms with Crippen LogP contribution in [0.2, 0.25) is 0 Å². The first-order valence-corrected chi connectivity index (χ1v) is 12.8. The minimum atomic E-state index is -4.65. The third-order valence-corrected chi connectivity index (χ3v) is 8.06. The number of alkyl halides is 3. The van der Waals surface area contributed by atoms with Crippen LogP contribution >= 0.6 is 0 Å². The molecule has 1 aliphatic heterocycles. The molecule has 1 unspecified atom stereocenters. The van der Waals surface area contributed by atoms with Gasteiger partial charge in [0.15, 0.2) is 0 Å². The van der Waals surface area contributed by atoms with Crippen LogP contribution in [0.5, 0.6) is 0 Å². The summed E-state index contributed by atoms with van der Waals surface area (Å²) in [4.78, 5) is 11.2. The van der Waals surface area contributed by atoms with Gasteiger partial charge in [-0.3, -0.25) is 10.0 Å². The van der Waals surface area contributed by atoms with E-state index in [4.69, 9.17) is 4.74 Å². The Labute approximate surface area is 203 Å². The maximum atomic E-state index is 13.1. The second-order valence-electron chi connectivity index (χ2n) is 8.74. The van der Waals surface area contributed by atoms with Crippen molar-refractivity contribution in [1.82, 2.24) is 9.37 Å². The average Bonchev–Trinajstić information content (AvgIpc) is 2.82. The van der Waals surface area contributed by atoms with Gasteiger partial charge < -0.3 is 4.74 Å². The largest absolute Gasteiger partial charge is 0.416 e. The van der Waals surface area contributed by atoms with Gasteiger partial charge in [0.05, 0.1) is 30.1 Å². The van der Waals surface area contributed by atoms with Gasteiger partial charge >= 0.3 is 6.18 Å². The van der Waals surface area contributed by atoms with Crippen LogP contribution in [0, 0.1) is 13.8 Å². The third kappa shape index (κ3) is 7.03. The molecule has 0 spiro atoms. The van der Waals surface area contributed by atoms with E-state index < -0.39 is 33.6 Å². The van der Waals surface area contributed by atoms with Crippen molar-refractivity contribution >= 4 is 16.4 Å². The van der Waals surface area contributed by atoms with E-state index in [0.29, 0.717) is 19.4 Å². The Bertz CT molecular complexity index is 1130. The Morgan fingerprint density at radius 1 is 1.17 bits per heavy atom. The predicted octanol–water partition coefficient (Wildman–Crippen LogP) is 4.22. The number of hydrogen-bond donors (Lipinski definition) is 1. The van der Waals surface area contributed by atoms with Crippen LogP contribution in [0.3, 0.4) is 0 Å². The normalized spacial score (nSPS) is 16.7. The number of ether oxygens (including phenoxy) is 1. The van der Waals surface area contributed by atoms with Gasteiger partial charge in [-0.2, -0.15) is 13.2 Å². The Morgan fingerprint density at radius 2 is 1.86 bits per heavy atom. The molecule has 7 nitrogen and oxygen atoms in total. The van der Waals surface area contributed by atoms with Gasteiger partial charge in [0, 0.05) is 13.1 Å². The molecule has 11 heteroatoms. The topological polar surface area (TPSA) is 87.2 Å². The molecular weight excluding hydrogens is 485 g/mol. The smallest absolute Gasteiger partial charge is 0.373 e. The van der Waals surface area contributed by atoms with Crippen molar-refractivity contribution in [2.45, 2.75) is 51.6 Å². The first-order chi connectivity index (χ1) is 16.4. The van der Waals surface area contributed by atoms with E-state index in [1.54, 1.807) is 0 Å². The number of aryl methyl sites for hydroxylation is 2. The van der Waals surface area contributed by atoms with Crippen molar-refractivity contribution in [3.8, 4) is 0 Å². The lowest BCUT2D eigenvalue weighted by atomic mass is 10.0. The molecule has 0 radical (unpaired) electrons. The van der Waals surface area contributed by atoms with Crippen LogP contribution < -0.4 is 0 Å². The van der Waals surface area contributed by atoms with Crippen LogP contribution in [0.15, 0.2) is 42.5 Å². The minimum Gasteiger partial charge on any atom is -0.373 e. The minimum absolute atomic E-state index is 0.0200. The first kappa shape index (κ1) is 27.1. The van der Waals surface area contributed by atoms with Crippen molar-refractivity contribution in [3.05, 3.63) is 70.3 Å². The van der Waals surface area contributed by atoms with Gasteiger partial charge in [0.1, 0.15) is 0 Å². The first-order valence-electron chi connectivity index (χ1n) is 11.2. The maximum Gasteiger partial charge on any atom is 0.416 e. The zero-order valence-corrected chi connectivity index (χ0v) is 20.3. The summed E-state index contributed by atoms with van der Waals surface area (Å²) in [7, 11) is -4.00. The molecule has 1 N–H and O–H groups in total. The highest BCUT2D eigenvalue weighted by Gasteiger charge is 2.35. The summed E-state index contributed by atoms with van der Waals surface area (Å²) >= 11 is 0. The quantitative estimate of drug-likeness (QED) is 0.308. The molecule has 2 aromatic carbocycles. The second kappa shape index (κ2) is 11.1. The number of nitrogens with zero attached hydrogens (tertiary/aromatic N) is 2. The van der Waals surface area contributed by atoms with Gasteiger partial charge in [-0.15, -0.1) is 0 Å². The number of rotatable bonds is 9. The van der Waals surface area contributed by atoms with E-state index >= 15 is 0 Å². The molecule has 35 heavy (non-hydrogen) atoms. The lowest BCUT2D eigenvalue weighted by molar-refractivity contribution is -0.159. The molecular formula is C24H29F3N2O5S. The summed E-state index contributed by atoms with van der Waals surface area (Å²) in [6.45, 7) is 4.75. The van der Waals surface area contributed by atoms with Crippen molar-refractivity contribution < 1.29 is 36.3 Å². The molecule has 1 heterocycles. The van der Waals surface area contributed by atoms with Gasteiger partial charge in [0.25, 0.3) is 0 Å². The summed E-state index contributed by atoms with van der Waals surface area (Å²) in [5.74, 6) is -0.752. The Kier molecular flexibility index (Phi) is 8.58. The molecule has 0 saturated carbocycles. The van der Waals surface area contributed by atoms with Crippen LogP contribution in [0.1, 0.15) is 46.7 Å². The number of piperidine rings is 1. The molecule has 0 aromatic heterocycles. The van der Waals surface area contributed by atoms with E-state index in [0.717, 1.165) is 34.9 Å². The predicted molar refractivity (Wildman–Crippen MR) is 123 cm³/mol. The lowest BCUT2D eigenvalue weighted by Gasteiger charge is -2.33. The Hall–Kier alpha value is -2.47. The monoisotopic (exact) mass is 514 g/mol. The van der Waals surface area contributed by atoms with Crippen LogP contribution in [-0.4, -0.2) is 54.3 Å². The summed E-state index contributed by atoms with van der Waals surface area (Å²) in [6.07, 6.45) is -3.90. The summed E-state index contributed by atoms with van der Waals surface area (Å²) in [5.41, 5.74) is 2.17. The van der Waals surface area contributed by atoms with E-state index in [1.165, 1.54) is 10.4 Å². The number of hydrogen-bond acceptors (Lipinski definition) is 5. The SMILES string of the molecule is Cc1ccc(C)c(COC2CCN(S(=O)(=O)CC(c3cccc(C(F)(F)F)c3)N(O)C=O)CC2)c1. The number of hydroxylamine groups is 2. The lowest BCUT2D eigenvalue weighted by Crippen LogP contribution is -2.44. The number of carbonyl (C=O) groups is 1. The second-order valence-corrected chi connectivity index (χ2v) is 10.8. The fraction of sp³-hybridized carbons (Fsp3) is 0.458. The van der Waals surface area contributed by atoms with Gasteiger partial charge in [-0.05, 0) is 55.5 Å². The van der Waals surface area contributed by atoms with E-state index in [9.17, 15) is 31.6 Å². The number of halogens is 3. The van der Waals surface area contributed by atoms with Crippen LogP contribution in [0.25, 0.3) is 0 Å². The fourth-order valence-corrected chi connectivity index (χ4v) is 5.79. The molecule has 1 fully saturated rings. The molecule has 2 aromatic rings. The molecule has 1 saturated heterocycles. The summed E-state index contributed by atoms with van der Waals surface area (Å²) in [5, 5.41) is 10.1. The number of amides is 1. The van der Waals surface area contributed by atoms with Gasteiger partial charge in [-0.1, -0.05) is 35.9 Å². The van der Waals surface area contributed by atoms with E-state index in [-0.39, 0.29) is 36.2 Å². The maximum absolute atomic E-state index is 13.1. The highest BCUT2D eigenvalue weighted by atomic mass is 32.2. The van der Waals surface area contributed by atoms with Gasteiger partial charge in [-0.25, -0.2) is 17.8 Å². The molecule has 3 rings (SSSR count). The van der Waals surface area contributed by atoms with Crippen molar-refractivity contribution in [1.29, 1.82) is 0 Å². The van der Waals surface area contributed by atoms with E-state index in [2.05, 4.69) is 6.07 Å². The number of benzene rings is 2. The Balaban J connectivity index is 1.65. The van der Waals surface area contributed by atoms with E-state index in [1.807, 2.05) is 26.0 Å². The standard InChI is InChI=1S/C24H29F3N2O5S/c1-17-6-7-18(2)20(12-17)14-34-22-8-10-28(11-9-22)35(32,33)15-23(29(31)16-30)19-4-3-5-21(13-19)24(25,26)27/h3-7,12-13,16,22-23,31H,8-11,14-15H2,1-2H3. The molecule has 192 valence electrons. The average molecular weight is 515 g/mol. The zero-order chi connectivity index (χ0) is 25.8. The van der Waals surface area contributed by atoms with Crippen LogP contribution in [0.4, 0.5) is 13.2 Å². The number of sulfonamides is 1. The van der Waals surface area contributed by atoms with Crippen molar-refractivity contribution in [2.24, 2.45) is 0 Å². The number of carbonyl (C=O) groups excluding carboxylic acids is 1. The molecule has 1 atom stereocenters. The zero-order valence-electron chi connectivity index (χ0n) is 19.5. The highest BCUT2D eigenvalue weighted by Crippen LogP contribution is 2.32. The molecule has 1 amide bonds. The molecule has 0 bridgehead atoms. The third-order valence-electron chi connectivity index (χ3n) is 6.17. The van der Waals surface area contributed by atoms with Gasteiger partial charge in [0.2, 0.25) is 16.4 Å². The summed E-state index contributed by atoms with van der Waals surface area (Å²) < 4.78 is 72.6. The van der Waals surface area contributed by atoms with Crippen LogP contribution in [-0.2, 0) is 32.3 Å². The van der Waals surface area contributed by atoms with Crippen molar-refractivity contribution in [2.75, 3.05) is 18.8 Å². The Morgan fingerprint density at radius 3 is 2.49 bits per heavy atom. The summed E-state index contributed by atoms with van der Waals surface area (Å²) in [6, 6.07) is 8.53. The fourth-order valence-electron chi connectivity index (χ4n) is 4.07. The van der Waals surface area contributed by atoms with Crippen molar-refractivity contribution in [3.63, 3.8) is 0 Å². The molecule has 0 aliphatic carbocycles.